The average Bonchev–Trinajstić information content (AvgIpc) is 2.60. The number of furan rings is 1. The molecule has 0 amide bonds. The lowest BCUT2D eigenvalue weighted by atomic mass is 9.94. The van der Waals surface area contributed by atoms with Crippen LogP contribution in [-0.2, 0) is 0 Å². The van der Waals surface area contributed by atoms with E-state index in [1.165, 1.54) is 0 Å². The quantitative estimate of drug-likeness (QED) is 0.499. The van der Waals surface area contributed by atoms with E-state index in [0.717, 1.165) is 27.5 Å². The molecular formula is C13H9BO. The summed E-state index contributed by atoms with van der Waals surface area (Å²) >= 11 is 0. The monoisotopic (exact) mass is 192 g/mol. The SMILES string of the molecule is [B]c1cccc2c1oc1c(C)cccc12. The molecule has 3 aromatic rings. The molecule has 2 aromatic carbocycles. The van der Waals surface area contributed by atoms with E-state index in [2.05, 4.69) is 6.07 Å². The highest BCUT2D eigenvalue weighted by molar-refractivity contribution is 6.39. The summed E-state index contributed by atoms with van der Waals surface area (Å²) in [5.41, 5.74) is 3.57. The van der Waals surface area contributed by atoms with Gasteiger partial charge in [-0.05, 0) is 12.5 Å². The molecule has 2 heteroatoms. The summed E-state index contributed by atoms with van der Waals surface area (Å²) < 4.78 is 5.79. The molecule has 3 rings (SSSR count). The van der Waals surface area contributed by atoms with Crippen LogP contribution in [0.3, 0.4) is 0 Å². The second-order valence-corrected chi connectivity index (χ2v) is 3.78. The van der Waals surface area contributed by atoms with Gasteiger partial charge in [0.2, 0.25) is 0 Å². The Hall–Kier alpha value is -1.70. The van der Waals surface area contributed by atoms with Crippen molar-refractivity contribution in [2.45, 2.75) is 6.92 Å². The van der Waals surface area contributed by atoms with E-state index >= 15 is 0 Å². The lowest BCUT2D eigenvalue weighted by molar-refractivity contribution is 0.668. The van der Waals surface area contributed by atoms with Gasteiger partial charge >= 0.3 is 0 Å². The maximum absolute atomic E-state index is 5.88. The van der Waals surface area contributed by atoms with E-state index in [9.17, 15) is 0 Å². The van der Waals surface area contributed by atoms with Gasteiger partial charge < -0.3 is 4.42 Å². The second kappa shape index (κ2) is 2.90. The first kappa shape index (κ1) is 8.60. The molecule has 0 aliphatic carbocycles. The van der Waals surface area contributed by atoms with Crippen molar-refractivity contribution in [3.8, 4) is 0 Å². The number of benzene rings is 2. The summed E-state index contributed by atoms with van der Waals surface area (Å²) in [6, 6.07) is 12.0. The lowest BCUT2D eigenvalue weighted by Gasteiger charge is -1.92. The molecule has 0 bridgehead atoms. The molecule has 0 saturated carbocycles. The molecule has 1 heterocycles. The van der Waals surface area contributed by atoms with Crippen LogP contribution < -0.4 is 5.46 Å². The molecule has 0 atom stereocenters. The van der Waals surface area contributed by atoms with Crippen LogP contribution in [0.5, 0.6) is 0 Å². The third kappa shape index (κ3) is 1.11. The summed E-state index contributed by atoms with van der Waals surface area (Å²) in [7, 11) is 5.88. The van der Waals surface area contributed by atoms with Crippen molar-refractivity contribution in [2.24, 2.45) is 0 Å². The van der Waals surface area contributed by atoms with E-state index in [0.29, 0.717) is 5.46 Å². The Morgan fingerprint density at radius 2 is 1.60 bits per heavy atom. The average molecular weight is 192 g/mol. The summed E-state index contributed by atoms with van der Waals surface area (Å²) in [5.74, 6) is 0. The van der Waals surface area contributed by atoms with Crippen LogP contribution in [0.4, 0.5) is 0 Å². The predicted octanol–water partition coefficient (Wildman–Crippen LogP) is 2.69. The van der Waals surface area contributed by atoms with E-state index in [-0.39, 0.29) is 0 Å². The second-order valence-electron chi connectivity index (χ2n) is 3.78. The zero-order chi connectivity index (χ0) is 10.4. The van der Waals surface area contributed by atoms with Crippen molar-refractivity contribution >= 4 is 35.2 Å². The minimum Gasteiger partial charge on any atom is -0.456 e. The van der Waals surface area contributed by atoms with Gasteiger partial charge in [-0.2, -0.15) is 0 Å². The van der Waals surface area contributed by atoms with Crippen molar-refractivity contribution in [3.63, 3.8) is 0 Å². The van der Waals surface area contributed by atoms with Crippen molar-refractivity contribution in [3.05, 3.63) is 42.0 Å². The molecular weight excluding hydrogens is 183 g/mol. The van der Waals surface area contributed by atoms with E-state index < -0.39 is 0 Å². The van der Waals surface area contributed by atoms with E-state index in [4.69, 9.17) is 12.3 Å². The molecule has 0 spiro atoms. The van der Waals surface area contributed by atoms with Gasteiger partial charge in [-0.15, -0.1) is 0 Å². The van der Waals surface area contributed by atoms with Crippen molar-refractivity contribution in [1.29, 1.82) is 0 Å². The molecule has 0 fully saturated rings. The number of fused-ring (bicyclic) bond motifs is 3. The standard InChI is InChI=1S/C13H9BO/c1-8-4-2-5-9-10-6-3-7-11(14)13(10)15-12(8)9/h2-7H,1H3. The van der Waals surface area contributed by atoms with Crippen LogP contribution >= 0.6 is 0 Å². The molecule has 15 heavy (non-hydrogen) atoms. The van der Waals surface area contributed by atoms with Crippen LogP contribution in [0.1, 0.15) is 5.56 Å². The molecule has 0 saturated heterocycles. The Morgan fingerprint density at radius 1 is 0.933 bits per heavy atom. The van der Waals surface area contributed by atoms with Gasteiger partial charge in [0.25, 0.3) is 0 Å². The normalized spacial score (nSPS) is 11.3. The summed E-state index contributed by atoms with van der Waals surface area (Å²) in [6.07, 6.45) is 0. The van der Waals surface area contributed by atoms with Crippen LogP contribution in [0, 0.1) is 6.92 Å². The Balaban J connectivity index is 2.63. The number of hydrogen-bond acceptors (Lipinski definition) is 1. The highest BCUT2D eigenvalue weighted by Crippen LogP contribution is 2.29. The zero-order valence-corrected chi connectivity index (χ0v) is 8.45. The van der Waals surface area contributed by atoms with Gasteiger partial charge in [-0.3, -0.25) is 0 Å². The predicted molar refractivity (Wildman–Crippen MR) is 63.8 cm³/mol. The summed E-state index contributed by atoms with van der Waals surface area (Å²) in [6.45, 7) is 2.04. The fourth-order valence-electron chi connectivity index (χ4n) is 1.98. The first-order valence-corrected chi connectivity index (χ1v) is 4.93. The zero-order valence-electron chi connectivity index (χ0n) is 8.45. The fraction of sp³-hybridized carbons (Fsp3) is 0.0769. The first-order valence-electron chi connectivity index (χ1n) is 4.93. The van der Waals surface area contributed by atoms with Gasteiger partial charge in [0.1, 0.15) is 19.0 Å². The number of rotatable bonds is 0. The van der Waals surface area contributed by atoms with Gasteiger partial charge in [0.05, 0.1) is 0 Å². The van der Waals surface area contributed by atoms with E-state index in [1.807, 2.05) is 37.3 Å². The van der Waals surface area contributed by atoms with Gasteiger partial charge in [0.15, 0.2) is 0 Å². The van der Waals surface area contributed by atoms with E-state index in [1.54, 1.807) is 0 Å². The molecule has 70 valence electrons. The van der Waals surface area contributed by atoms with Gasteiger partial charge in [-0.25, -0.2) is 0 Å². The Labute approximate surface area is 89.1 Å². The van der Waals surface area contributed by atoms with Crippen LogP contribution in [0.2, 0.25) is 0 Å². The smallest absolute Gasteiger partial charge is 0.138 e. The third-order valence-electron chi connectivity index (χ3n) is 2.75. The topological polar surface area (TPSA) is 13.1 Å². The first-order chi connectivity index (χ1) is 7.27. The Kier molecular flexibility index (Phi) is 1.66. The largest absolute Gasteiger partial charge is 0.456 e. The Bertz CT molecular complexity index is 596. The molecule has 1 aromatic heterocycles. The van der Waals surface area contributed by atoms with Crippen LogP contribution in [0.25, 0.3) is 21.9 Å². The highest BCUT2D eigenvalue weighted by Gasteiger charge is 2.08. The molecule has 1 nitrogen and oxygen atoms in total. The maximum atomic E-state index is 5.88. The minimum atomic E-state index is 0.697. The molecule has 2 radical (unpaired) electrons. The molecule has 0 aliphatic rings. The maximum Gasteiger partial charge on any atom is 0.138 e. The van der Waals surface area contributed by atoms with Crippen molar-refractivity contribution in [1.82, 2.24) is 0 Å². The highest BCUT2D eigenvalue weighted by atomic mass is 16.3. The van der Waals surface area contributed by atoms with Crippen molar-refractivity contribution < 1.29 is 4.42 Å². The minimum absolute atomic E-state index is 0.697. The number of aryl methyl sites for hydroxylation is 1. The van der Waals surface area contributed by atoms with Gasteiger partial charge in [0, 0.05) is 10.8 Å². The lowest BCUT2D eigenvalue weighted by Crippen LogP contribution is -2.00. The fourth-order valence-corrected chi connectivity index (χ4v) is 1.98. The van der Waals surface area contributed by atoms with Gasteiger partial charge in [-0.1, -0.05) is 41.9 Å². The van der Waals surface area contributed by atoms with Crippen LogP contribution in [0.15, 0.2) is 40.8 Å². The Morgan fingerprint density at radius 3 is 2.40 bits per heavy atom. The summed E-state index contributed by atoms with van der Waals surface area (Å²) in [5, 5.41) is 2.23. The van der Waals surface area contributed by atoms with Crippen molar-refractivity contribution in [2.75, 3.05) is 0 Å². The third-order valence-corrected chi connectivity index (χ3v) is 2.75. The number of hydrogen-bond donors (Lipinski definition) is 0. The molecule has 0 N–H and O–H groups in total. The number of para-hydroxylation sites is 2. The summed E-state index contributed by atoms with van der Waals surface area (Å²) in [4.78, 5) is 0. The molecule has 0 aliphatic heterocycles. The molecule has 0 unspecified atom stereocenters. The van der Waals surface area contributed by atoms with Crippen LogP contribution in [-0.4, -0.2) is 7.85 Å².